The minimum atomic E-state index is -2.71. The van der Waals surface area contributed by atoms with Gasteiger partial charge in [0.1, 0.15) is 51.9 Å². The Bertz CT molecular complexity index is 824. The number of fused-ring (bicyclic) bond motifs is 2. The number of esters is 1. The standard InChI is InChI=1S/C12H17F2NO3S.C8H11F2NO4S/c1-5-6(2)9-12(19-11(15-9)10(13)14)18-8(5)4-17-7(3)16;9-6(10)7-11-3-5(14)4(13)2(1-12)15-8(3)16-7/h5-6,8-10,12H,4H2,1-3H3;2-6,8,12-14H,1H2/t5-,6-,8+,9+,12+;2-,3-,4-,5-,8-/m01/s1. The molecule has 4 aliphatic heterocycles. The van der Waals surface area contributed by atoms with E-state index in [1.54, 1.807) is 0 Å². The fourth-order valence-corrected chi connectivity index (χ4v) is 6.30. The van der Waals surface area contributed by atoms with E-state index in [9.17, 15) is 32.6 Å². The van der Waals surface area contributed by atoms with Crippen molar-refractivity contribution in [3.05, 3.63) is 0 Å². The van der Waals surface area contributed by atoms with Gasteiger partial charge in [-0.2, -0.15) is 0 Å². The third kappa shape index (κ3) is 6.48. The smallest absolute Gasteiger partial charge is 0.302 e. The van der Waals surface area contributed by atoms with Crippen LogP contribution in [0.4, 0.5) is 17.6 Å². The summed E-state index contributed by atoms with van der Waals surface area (Å²) in [7, 11) is 0. The number of aliphatic hydroxyl groups is 3. The van der Waals surface area contributed by atoms with E-state index in [0.717, 1.165) is 23.5 Å². The van der Waals surface area contributed by atoms with Gasteiger partial charge in [-0.25, -0.2) is 17.6 Å². The number of thioether (sulfide) groups is 2. The third-order valence-corrected chi connectivity index (χ3v) is 8.54. The molecular weight excluding hydrogens is 520 g/mol. The van der Waals surface area contributed by atoms with Crippen molar-refractivity contribution >= 4 is 39.6 Å². The van der Waals surface area contributed by atoms with Crippen LogP contribution in [0.25, 0.3) is 0 Å². The summed E-state index contributed by atoms with van der Waals surface area (Å²) >= 11 is 1.71. The molecule has 0 saturated carbocycles. The molecule has 200 valence electrons. The molecule has 35 heavy (non-hydrogen) atoms. The molecule has 9 nitrogen and oxygen atoms in total. The predicted molar refractivity (Wildman–Crippen MR) is 121 cm³/mol. The quantitative estimate of drug-likeness (QED) is 0.346. The Balaban J connectivity index is 0.000000198. The Labute approximate surface area is 207 Å². The number of hydrogen-bond acceptors (Lipinski definition) is 11. The van der Waals surface area contributed by atoms with Crippen LogP contribution in [0.2, 0.25) is 0 Å². The Kier molecular flexibility index (Phi) is 9.85. The van der Waals surface area contributed by atoms with Crippen LogP contribution in [0.3, 0.4) is 0 Å². The highest BCUT2D eigenvalue weighted by atomic mass is 32.2. The van der Waals surface area contributed by atoms with E-state index in [-0.39, 0.29) is 41.6 Å². The molecule has 0 aliphatic carbocycles. The zero-order chi connectivity index (χ0) is 26.0. The molecule has 0 radical (unpaired) electrons. The molecular formula is C20H28F4N2O7S2. The summed E-state index contributed by atoms with van der Waals surface area (Å²) in [6, 6.07) is -1.13. The van der Waals surface area contributed by atoms with Gasteiger partial charge in [0, 0.05) is 6.92 Å². The average Bonchev–Trinajstić information content (AvgIpc) is 3.43. The molecule has 0 aromatic rings. The van der Waals surface area contributed by atoms with E-state index in [1.807, 2.05) is 13.8 Å². The topological polar surface area (TPSA) is 130 Å². The first-order chi connectivity index (χ1) is 16.4. The number of carbonyl (C=O) groups is 1. The molecule has 3 N–H and O–H groups in total. The van der Waals surface area contributed by atoms with Crippen molar-refractivity contribution in [3.63, 3.8) is 0 Å². The van der Waals surface area contributed by atoms with E-state index in [0.29, 0.717) is 0 Å². The van der Waals surface area contributed by atoms with Crippen LogP contribution in [-0.4, -0.2) is 105 Å². The highest BCUT2D eigenvalue weighted by molar-refractivity contribution is 8.15. The first kappa shape index (κ1) is 28.6. The number of halogens is 4. The Morgan fingerprint density at radius 2 is 1.46 bits per heavy atom. The SMILES string of the molecule is CC(=O)OC[C@H]1O[C@@H]2SC(C(F)F)=N[C@@H]2[C@@H](C)[C@@H]1C.OC[C@H]1O[C@@H]2SC(C(F)F)=N[C@@H]2[C@@H](O)[C@@H]1O. The van der Waals surface area contributed by atoms with Crippen molar-refractivity contribution < 1.29 is 51.9 Å². The fraction of sp³-hybridized carbons (Fsp3) is 0.850. The summed E-state index contributed by atoms with van der Waals surface area (Å²) in [4.78, 5) is 18.5. The van der Waals surface area contributed by atoms with Crippen LogP contribution in [-0.2, 0) is 19.0 Å². The van der Waals surface area contributed by atoms with Crippen molar-refractivity contribution in [1.82, 2.24) is 0 Å². The maximum Gasteiger partial charge on any atom is 0.302 e. The number of ether oxygens (including phenoxy) is 3. The molecule has 0 spiro atoms. The Morgan fingerprint density at radius 3 is 1.97 bits per heavy atom. The Morgan fingerprint density at radius 1 is 0.943 bits per heavy atom. The molecule has 4 aliphatic rings. The second-order valence-corrected chi connectivity index (χ2v) is 10.8. The highest BCUT2D eigenvalue weighted by Gasteiger charge is 2.49. The minimum absolute atomic E-state index is 0.0990. The maximum atomic E-state index is 12.7. The van der Waals surface area contributed by atoms with Crippen molar-refractivity contribution in [3.8, 4) is 0 Å². The number of carbonyl (C=O) groups excluding carboxylic acids is 1. The van der Waals surface area contributed by atoms with Crippen molar-refractivity contribution in [2.24, 2.45) is 21.8 Å². The van der Waals surface area contributed by atoms with Crippen LogP contribution in [0.1, 0.15) is 20.8 Å². The van der Waals surface area contributed by atoms with Gasteiger partial charge in [0.05, 0.1) is 18.8 Å². The summed E-state index contributed by atoms with van der Waals surface area (Å²) in [6.45, 7) is 4.96. The largest absolute Gasteiger partial charge is 0.463 e. The van der Waals surface area contributed by atoms with E-state index in [4.69, 9.17) is 19.3 Å². The lowest BCUT2D eigenvalue weighted by atomic mass is 9.83. The highest BCUT2D eigenvalue weighted by Crippen LogP contribution is 2.43. The summed E-state index contributed by atoms with van der Waals surface area (Å²) < 4.78 is 66.0. The van der Waals surface area contributed by atoms with Gasteiger partial charge < -0.3 is 29.5 Å². The molecule has 0 bridgehead atoms. The first-order valence-electron chi connectivity index (χ1n) is 10.9. The molecule has 2 fully saturated rings. The normalized spacial score (nSPS) is 40.5. The van der Waals surface area contributed by atoms with Crippen LogP contribution in [0.15, 0.2) is 9.98 Å². The molecule has 10 atom stereocenters. The van der Waals surface area contributed by atoms with Gasteiger partial charge >= 0.3 is 5.97 Å². The van der Waals surface area contributed by atoms with E-state index in [1.165, 1.54) is 6.92 Å². The molecule has 2 saturated heterocycles. The first-order valence-corrected chi connectivity index (χ1v) is 12.7. The monoisotopic (exact) mass is 548 g/mol. The number of rotatable bonds is 5. The van der Waals surface area contributed by atoms with Gasteiger partial charge in [0.25, 0.3) is 12.9 Å². The van der Waals surface area contributed by atoms with Gasteiger partial charge in [-0.15, -0.1) is 0 Å². The second kappa shape index (κ2) is 12.0. The lowest BCUT2D eigenvalue weighted by Crippen LogP contribution is -2.55. The number of nitrogens with zero attached hydrogens (tertiary/aromatic N) is 2. The molecule has 4 rings (SSSR count). The summed E-state index contributed by atoms with van der Waals surface area (Å²) in [6.07, 6.45) is -9.09. The second-order valence-electron chi connectivity index (χ2n) is 8.52. The maximum absolute atomic E-state index is 12.7. The molecule has 0 aromatic carbocycles. The van der Waals surface area contributed by atoms with E-state index < -0.39 is 59.7 Å². The average molecular weight is 549 g/mol. The van der Waals surface area contributed by atoms with Crippen LogP contribution < -0.4 is 0 Å². The number of alkyl halides is 4. The van der Waals surface area contributed by atoms with Crippen molar-refractivity contribution in [2.45, 2.75) is 81.0 Å². The van der Waals surface area contributed by atoms with Gasteiger partial charge in [-0.3, -0.25) is 14.8 Å². The zero-order valence-electron chi connectivity index (χ0n) is 19.0. The number of aliphatic hydroxyl groups excluding tert-OH is 3. The molecule has 0 unspecified atom stereocenters. The molecule has 0 amide bonds. The van der Waals surface area contributed by atoms with E-state index >= 15 is 0 Å². The van der Waals surface area contributed by atoms with Crippen molar-refractivity contribution in [1.29, 1.82) is 0 Å². The summed E-state index contributed by atoms with van der Waals surface area (Å²) in [5, 5.41) is 27.5. The van der Waals surface area contributed by atoms with Crippen LogP contribution >= 0.6 is 23.5 Å². The minimum Gasteiger partial charge on any atom is -0.463 e. The molecule has 0 aromatic heterocycles. The van der Waals surface area contributed by atoms with Crippen LogP contribution in [0.5, 0.6) is 0 Å². The van der Waals surface area contributed by atoms with Gasteiger partial charge in [-0.1, -0.05) is 37.4 Å². The van der Waals surface area contributed by atoms with E-state index in [2.05, 4.69) is 9.98 Å². The lowest BCUT2D eigenvalue weighted by Gasteiger charge is -2.40. The van der Waals surface area contributed by atoms with Gasteiger partial charge in [0.15, 0.2) is 0 Å². The van der Waals surface area contributed by atoms with Gasteiger partial charge in [-0.05, 0) is 11.8 Å². The predicted octanol–water partition coefficient (Wildman–Crippen LogP) is 1.53. The molecule has 4 heterocycles. The van der Waals surface area contributed by atoms with Crippen LogP contribution in [0, 0.1) is 11.8 Å². The lowest BCUT2D eigenvalue weighted by molar-refractivity contribution is -0.164. The summed E-state index contributed by atoms with van der Waals surface area (Å²) in [5.41, 5.74) is -1.16. The third-order valence-electron chi connectivity index (χ3n) is 6.24. The summed E-state index contributed by atoms with van der Waals surface area (Å²) in [5.74, 6) is -0.154. The van der Waals surface area contributed by atoms with Crippen molar-refractivity contribution in [2.75, 3.05) is 13.2 Å². The zero-order valence-corrected chi connectivity index (χ0v) is 20.7. The number of aliphatic imine (C=N–C) groups is 2. The molecule has 15 heteroatoms. The van der Waals surface area contributed by atoms with Gasteiger partial charge in [0.2, 0.25) is 0 Å². The fourth-order valence-electron chi connectivity index (χ4n) is 4.05. The number of hydrogen-bond donors (Lipinski definition) is 3. The Hall–Kier alpha value is -0.970.